The standard InChI is InChI=1S/C27H34BN2/c1-19(2)16-20-17-26(29(7)25-15-11-9-12-21(20)25)30-18-23(27(3,4)5)22-13-8-10-14-24(22)28(30)6/h8-15,17-19H,16H2,1-7H3/q+1/i16D2. The van der Waals surface area contributed by atoms with Crippen molar-refractivity contribution in [2.45, 2.75) is 47.8 Å². The average Bonchev–Trinajstić information content (AvgIpc) is 2.74. The summed E-state index contributed by atoms with van der Waals surface area (Å²) in [7, 11) is 2.09. The fourth-order valence-corrected chi connectivity index (χ4v) is 4.54. The van der Waals surface area contributed by atoms with E-state index in [0.29, 0.717) is 0 Å². The summed E-state index contributed by atoms with van der Waals surface area (Å²) >= 11 is 0. The zero-order chi connectivity index (χ0) is 23.4. The molecule has 0 N–H and O–H groups in total. The number of anilines is 1. The van der Waals surface area contributed by atoms with Crippen molar-refractivity contribution in [1.82, 2.24) is 0 Å². The number of allylic oxidation sites excluding steroid dienone is 1. The molecule has 0 fully saturated rings. The molecule has 1 aromatic heterocycles. The molecule has 3 heteroatoms. The molecule has 30 heavy (non-hydrogen) atoms. The van der Waals surface area contributed by atoms with Gasteiger partial charge in [-0.1, -0.05) is 77.1 Å². The van der Waals surface area contributed by atoms with Gasteiger partial charge in [-0.05, 0) is 47.2 Å². The van der Waals surface area contributed by atoms with Gasteiger partial charge in [-0.3, -0.25) is 4.81 Å². The third kappa shape index (κ3) is 3.55. The van der Waals surface area contributed by atoms with Gasteiger partial charge in [-0.15, -0.1) is 0 Å². The molecule has 4 rings (SSSR count). The minimum atomic E-state index is -1.43. The van der Waals surface area contributed by atoms with E-state index in [0.717, 1.165) is 22.3 Å². The van der Waals surface area contributed by atoms with E-state index in [2.05, 4.69) is 86.6 Å². The van der Waals surface area contributed by atoms with Crippen molar-refractivity contribution < 1.29 is 7.31 Å². The summed E-state index contributed by atoms with van der Waals surface area (Å²) < 4.78 is 20.0. The number of rotatable bonds is 3. The lowest BCUT2D eigenvalue weighted by molar-refractivity contribution is -0.631. The lowest BCUT2D eigenvalue weighted by Crippen LogP contribution is -2.52. The highest BCUT2D eigenvalue weighted by atomic mass is 15.2. The first-order valence-corrected chi connectivity index (χ1v) is 11.0. The molecule has 0 bridgehead atoms. The minimum Gasteiger partial charge on any atom is -0.293 e. The molecule has 2 heterocycles. The molecule has 3 aromatic rings. The Morgan fingerprint density at radius 1 is 1.07 bits per heavy atom. The molecule has 1 aliphatic heterocycles. The Morgan fingerprint density at radius 3 is 2.43 bits per heavy atom. The number of pyridine rings is 1. The van der Waals surface area contributed by atoms with Crippen molar-refractivity contribution in [2.75, 3.05) is 4.81 Å². The third-order valence-electron chi connectivity index (χ3n) is 6.08. The minimum absolute atomic E-state index is 0.0146. The Labute approximate surface area is 185 Å². The predicted octanol–water partition coefficient (Wildman–Crippen LogP) is 5.60. The molecule has 1 aliphatic rings. The molecule has 2 nitrogen and oxygen atoms in total. The first kappa shape index (κ1) is 18.2. The summed E-state index contributed by atoms with van der Waals surface area (Å²) in [6, 6.07) is 18.9. The second-order valence-electron chi connectivity index (χ2n) is 9.75. The molecule has 0 saturated carbocycles. The summed E-state index contributed by atoms with van der Waals surface area (Å²) in [4.78, 5) is 2.33. The van der Waals surface area contributed by atoms with Gasteiger partial charge >= 0.3 is 6.85 Å². The highest BCUT2D eigenvalue weighted by Crippen LogP contribution is 2.37. The van der Waals surface area contributed by atoms with Crippen LogP contribution in [0, 0.1) is 11.3 Å². The number of benzene rings is 2. The van der Waals surface area contributed by atoms with Crippen LogP contribution in [0.4, 0.5) is 5.82 Å². The van der Waals surface area contributed by atoms with E-state index in [-0.39, 0.29) is 18.2 Å². The van der Waals surface area contributed by atoms with Crippen molar-refractivity contribution in [1.29, 1.82) is 0 Å². The Bertz CT molecular complexity index is 1210. The van der Waals surface area contributed by atoms with Crippen LogP contribution in [0.15, 0.2) is 60.8 Å². The summed E-state index contributed by atoms with van der Waals surface area (Å²) in [5.74, 6) is 0.874. The van der Waals surface area contributed by atoms with Crippen molar-refractivity contribution in [3.63, 3.8) is 0 Å². The van der Waals surface area contributed by atoms with Crippen LogP contribution in [0.2, 0.25) is 6.82 Å². The highest BCUT2D eigenvalue weighted by molar-refractivity contribution is 6.77. The maximum absolute atomic E-state index is 8.91. The average molecular weight is 399 g/mol. The van der Waals surface area contributed by atoms with Gasteiger partial charge in [0.2, 0.25) is 0 Å². The van der Waals surface area contributed by atoms with E-state index < -0.39 is 6.37 Å². The quantitative estimate of drug-likeness (QED) is 0.411. The molecular formula is C27H34BN2+. The Balaban J connectivity index is 2.03. The van der Waals surface area contributed by atoms with E-state index >= 15 is 0 Å². The van der Waals surface area contributed by atoms with Gasteiger partial charge in [0.1, 0.15) is 5.52 Å². The molecular weight excluding hydrogens is 363 g/mol. The molecule has 0 aliphatic carbocycles. The number of aryl methyl sites for hydroxylation is 1. The second-order valence-corrected chi connectivity index (χ2v) is 9.75. The molecule has 0 amide bonds. The van der Waals surface area contributed by atoms with Crippen LogP contribution in [-0.2, 0) is 13.4 Å². The molecule has 0 unspecified atom stereocenters. The summed E-state index contributed by atoms with van der Waals surface area (Å²) in [6.45, 7) is 13.1. The van der Waals surface area contributed by atoms with E-state index in [4.69, 9.17) is 2.74 Å². The van der Waals surface area contributed by atoms with Gasteiger partial charge in [-0.25, -0.2) is 4.57 Å². The Morgan fingerprint density at radius 2 is 1.73 bits per heavy atom. The zero-order valence-electron chi connectivity index (χ0n) is 21.3. The van der Waals surface area contributed by atoms with Crippen LogP contribution in [0.1, 0.15) is 48.5 Å². The van der Waals surface area contributed by atoms with Crippen LogP contribution in [0.5, 0.6) is 0 Å². The van der Waals surface area contributed by atoms with E-state index in [1.54, 1.807) is 0 Å². The zero-order valence-corrected chi connectivity index (χ0v) is 19.3. The van der Waals surface area contributed by atoms with Gasteiger partial charge in [0.05, 0.1) is 13.2 Å². The van der Waals surface area contributed by atoms with Crippen molar-refractivity contribution in [3.05, 3.63) is 71.9 Å². The number of hydrogen-bond acceptors (Lipinski definition) is 1. The number of nitrogens with zero attached hydrogens (tertiary/aromatic N) is 2. The lowest BCUT2D eigenvalue weighted by atomic mass is 9.52. The fraction of sp³-hybridized carbons (Fsp3) is 0.370. The topological polar surface area (TPSA) is 7.12 Å². The summed E-state index contributed by atoms with van der Waals surface area (Å²) in [5.41, 5.74) is 5.70. The monoisotopic (exact) mass is 399 g/mol. The van der Waals surface area contributed by atoms with Crippen LogP contribution >= 0.6 is 0 Å². The normalized spacial score (nSPS) is 15.8. The first-order valence-electron chi connectivity index (χ1n) is 12.0. The SMILES string of the molecule is [2H]C([2H])(c1cc(N2C=C(C(C)(C)C)c3ccccc3B2C)[n+](C)c2ccccc12)C(C)C. The second kappa shape index (κ2) is 7.61. The molecule has 154 valence electrons. The molecule has 0 spiro atoms. The predicted molar refractivity (Wildman–Crippen MR) is 131 cm³/mol. The van der Waals surface area contributed by atoms with Gasteiger partial charge < -0.3 is 0 Å². The third-order valence-corrected chi connectivity index (χ3v) is 6.08. The summed E-state index contributed by atoms with van der Waals surface area (Å²) in [6.07, 6.45) is 0.849. The Hall–Kier alpha value is -2.55. The van der Waals surface area contributed by atoms with Crippen LogP contribution in [0.3, 0.4) is 0 Å². The molecule has 0 atom stereocenters. The van der Waals surface area contributed by atoms with E-state index in [9.17, 15) is 0 Å². The summed E-state index contributed by atoms with van der Waals surface area (Å²) in [5, 5.41) is 0.975. The van der Waals surface area contributed by atoms with Gasteiger partial charge in [-0.2, -0.15) is 0 Å². The first-order chi connectivity index (χ1) is 14.9. The van der Waals surface area contributed by atoms with Crippen LogP contribution in [-0.4, -0.2) is 6.85 Å². The smallest absolute Gasteiger partial charge is 0.293 e. The molecule has 0 saturated heterocycles. The largest absolute Gasteiger partial charge is 0.409 e. The number of fused-ring (bicyclic) bond motifs is 2. The van der Waals surface area contributed by atoms with Gasteiger partial charge in [0, 0.05) is 19.8 Å². The maximum Gasteiger partial charge on any atom is 0.409 e. The maximum atomic E-state index is 8.91. The highest BCUT2D eigenvalue weighted by Gasteiger charge is 2.39. The number of hydrogen-bond donors (Lipinski definition) is 0. The fourth-order valence-electron chi connectivity index (χ4n) is 4.54. The number of para-hydroxylation sites is 1. The van der Waals surface area contributed by atoms with Crippen LogP contribution < -0.4 is 14.8 Å². The van der Waals surface area contributed by atoms with Crippen molar-refractivity contribution in [2.24, 2.45) is 18.4 Å². The van der Waals surface area contributed by atoms with Crippen molar-refractivity contribution in [3.8, 4) is 0 Å². The lowest BCUT2D eigenvalue weighted by Gasteiger charge is -2.33. The van der Waals surface area contributed by atoms with Gasteiger partial charge in [0.25, 0.3) is 5.82 Å². The molecule has 2 aromatic carbocycles. The number of aromatic nitrogens is 1. The Kier molecular flexibility index (Phi) is 4.63. The van der Waals surface area contributed by atoms with E-state index in [1.165, 1.54) is 16.6 Å². The molecule has 0 radical (unpaired) electrons. The van der Waals surface area contributed by atoms with E-state index in [1.807, 2.05) is 32.0 Å². The van der Waals surface area contributed by atoms with Gasteiger partial charge in [0.15, 0.2) is 0 Å². The van der Waals surface area contributed by atoms with Crippen molar-refractivity contribution >= 4 is 34.6 Å². The van der Waals surface area contributed by atoms with Crippen LogP contribution in [0.25, 0.3) is 16.5 Å².